The molecule has 7 nitrogen and oxygen atoms in total. The molecule has 0 fully saturated rings. The van der Waals surface area contributed by atoms with Crippen molar-refractivity contribution in [2.75, 3.05) is 23.4 Å². The van der Waals surface area contributed by atoms with Crippen LogP contribution in [0.3, 0.4) is 0 Å². The number of hydrogen-bond donors (Lipinski definition) is 3. The average Bonchev–Trinajstić information content (AvgIpc) is 3.00. The molecule has 2 aromatic rings. The highest BCUT2D eigenvalue weighted by molar-refractivity contribution is 5.89. The monoisotopic (exact) mass is 313 g/mol. The number of amides is 2. The number of H-pyrrole nitrogens is 1. The molecule has 3 rings (SSSR count). The molecular formula is C16H19N5O2. The van der Waals surface area contributed by atoms with Crippen molar-refractivity contribution in [1.29, 1.82) is 0 Å². The van der Waals surface area contributed by atoms with E-state index in [0.717, 1.165) is 30.2 Å². The van der Waals surface area contributed by atoms with Crippen molar-refractivity contribution < 1.29 is 9.53 Å². The number of pyridine rings is 1. The zero-order valence-electron chi connectivity index (χ0n) is 12.9. The Morgan fingerprint density at radius 1 is 1.48 bits per heavy atom. The molecule has 2 amide bonds. The third-order valence-corrected chi connectivity index (χ3v) is 3.36. The quantitative estimate of drug-likeness (QED) is 0.810. The molecule has 0 spiro atoms. The largest absolute Gasteiger partial charge is 0.488 e. The molecule has 2 aromatic heterocycles. The predicted octanol–water partition coefficient (Wildman–Crippen LogP) is 2.46. The van der Waals surface area contributed by atoms with Crippen molar-refractivity contribution in [2.45, 2.75) is 13.5 Å². The van der Waals surface area contributed by atoms with E-state index in [1.807, 2.05) is 24.5 Å². The Morgan fingerprint density at radius 3 is 3.09 bits per heavy atom. The molecule has 0 aliphatic carbocycles. The molecule has 3 heterocycles. The van der Waals surface area contributed by atoms with Gasteiger partial charge in [0.2, 0.25) is 0 Å². The van der Waals surface area contributed by atoms with Crippen molar-refractivity contribution in [2.24, 2.45) is 0 Å². The van der Waals surface area contributed by atoms with E-state index >= 15 is 0 Å². The number of nitrogens with one attached hydrogen (secondary N) is 3. The minimum Gasteiger partial charge on any atom is -0.488 e. The lowest BCUT2D eigenvalue weighted by molar-refractivity contribution is 0.254. The summed E-state index contributed by atoms with van der Waals surface area (Å²) in [5.74, 6) is 1.91. The van der Waals surface area contributed by atoms with Gasteiger partial charge in [-0.05, 0) is 30.7 Å². The van der Waals surface area contributed by atoms with Crippen LogP contribution in [0, 0.1) is 0 Å². The first-order valence-electron chi connectivity index (χ1n) is 7.36. The van der Waals surface area contributed by atoms with Crippen LogP contribution in [0.2, 0.25) is 0 Å². The van der Waals surface area contributed by atoms with Gasteiger partial charge in [-0.3, -0.25) is 5.32 Å². The van der Waals surface area contributed by atoms with Crippen LogP contribution < -0.4 is 20.3 Å². The van der Waals surface area contributed by atoms with Gasteiger partial charge in [0, 0.05) is 24.6 Å². The zero-order chi connectivity index (χ0) is 16.2. The summed E-state index contributed by atoms with van der Waals surface area (Å²) in [7, 11) is 0. The Bertz CT molecular complexity index is 711. The smallest absolute Gasteiger partial charge is 0.324 e. The Morgan fingerprint density at radius 2 is 2.35 bits per heavy atom. The number of hydrogen-bond acceptors (Lipinski definition) is 4. The molecule has 0 aromatic carbocycles. The summed E-state index contributed by atoms with van der Waals surface area (Å²) in [5.41, 5.74) is 1.73. The lowest BCUT2D eigenvalue weighted by atomic mass is 10.2. The van der Waals surface area contributed by atoms with Gasteiger partial charge in [-0.1, -0.05) is 6.58 Å². The van der Waals surface area contributed by atoms with Crippen LogP contribution in [0.1, 0.15) is 12.5 Å². The highest BCUT2D eigenvalue weighted by atomic mass is 16.5. The third kappa shape index (κ3) is 3.63. The summed E-state index contributed by atoms with van der Waals surface area (Å²) in [4.78, 5) is 21.4. The Hall–Kier alpha value is -2.96. The van der Waals surface area contributed by atoms with Crippen LogP contribution >= 0.6 is 0 Å². The van der Waals surface area contributed by atoms with Crippen molar-refractivity contribution in [3.05, 3.63) is 48.4 Å². The maximum absolute atomic E-state index is 11.8. The average molecular weight is 313 g/mol. The molecule has 7 heteroatoms. The lowest BCUT2D eigenvalue weighted by Crippen LogP contribution is -2.33. The van der Waals surface area contributed by atoms with Gasteiger partial charge in [-0.25, -0.2) is 9.78 Å². The van der Waals surface area contributed by atoms with Crippen LogP contribution in [0.4, 0.5) is 16.4 Å². The van der Waals surface area contributed by atoms with E-state index in [4.69, 9.17) is 4.74 Å². The standard InChI is InChI=1S/C16H19N5O2/c1-11(2)18-16(22)20-14-4-3-13-15(19-14)21(7-8-23-13)10-12-5-6-17-9-12/h3-6,9,17H,1,7-8,10H2,2H3,(H2,18,19,20,22). The number of fused-ring (bicyclic) bond motifs is 1. The van der Waals surface area contributed by atoms with E-state index in [-0.39, 0.29) is 6.03 Å². The van der Waals surface area contributed by atoms with Gasteiger partial charge >= 0.3 is 6.03 Å². The first-order valence-corrected chi connectivity index (χ1v) is 7.36. The maximum atomic E-state index is 11.8. The topological polar surface area (TPSA) is 82.3 Å². The van der Waals surface area contributed by atoms with E-state index in [2.05, 4.69) is 32.1 Å². The molecule has 1 aliphatic heterocycles. The van der Waals surface area contributed by atoms with Crippen molar-refractivity contribution in [3.63, 3.8) is 0 Å². The SMILES string of the molecule is C=C(C)NC(=O)Nc1ccc2c(n1)N(Cc1cc[nH]c1)CCO2. The molecule has 0 radical (unpaired) electrons. The van der Waals surface area contributed by atoms with Crippen LogP contribution in [-0.4, -0.2) is 29.2 Å². The Labute approximate surface area is 134 Å². The second-order valence-corrected chi connectivity index (χ2v) is 5.37. The van der Waals surface area contributed by atoms with Gasteiger partial charge in [-0.15, -0.1) is 0 Å². The van der Waals surface area contributed by atoms with Crippen molar-refractivity contribution >= 4 is 17.7 Å². The molecule has 0 atom stereocenters. The summed E-state index contributed by atoms with van der Waals surface area (Å²) >= 11 is 0. The summed E-state index contributed by atoms with van der Waals surface area (Å²) in [5, 5.41) is 5.28. The highest BCUT2D eigenvalue weighted by Crippen LogP contribution is 2.31. The van der Waals surface area contributed by atoms with E-state index in [0.29, 0.717) is 18.1 Å². The highest BCUT2D eigenvalue weighted by Gasteiger charge is 2.21. The van der Waals surface area contributed by atoms with Crippen LogP contribution in [0.15, 0.2) is 42.9 Å². The molecule has 0 saturated heterocycles. The summed E-state index contributed by atoms with van der Waals surface area (Å²) < 4.78 is 5.64. The van der Waals surface area contributed by atoms with Crippen LogP contribution in [0.25, 0.3) is 0 Å². The maximum Gasteiger partial charge on any atom is 0.324 e. The van der Waals surface area contributed by atoms with Gasteiger partial charge in [0.1, 0.15) is 12.4 Å². The van der Waals surface area contributed by atoms with Gasteiger partial charge in [0.15, 0.2) is 11.6 Å². The first kappa shape index (κ1) is 15.0. The Balaban J connectivity index is 1.78. The number of rotatable bonds is 4. The lowest BCUT2D eigenvalue weighted by Gasteiger charge is -2.30. The molecule has 120 valence electrons. The number of anilines is 2. The van der Waals surface area contributed by atoms with Gasteiger partial charge in [0.25, 0.3) is 0 Å². The summed E-state index contributed by atoms with van der Waals surface area (Å²) in [6.07, 6.45) is 3.85. The van der Waals surface area contributed by atoms with Crippen LogP contribution in [-0.2, 0) is 6.54 Å². The second kappa shape index (κ2) is 6.43. The number of nitrogens with zero attached hydrogens (tertiary/aromatic N) is 2. The van der Waals surface area contributed by atoms with E-state index in [1.54, 1.807) is 13.0 Å². The van der Waals surface area contributed by atoms with Gasteiger partial charge in [-0.2, -0.15) is 0 Å². The summed E-state index contributed by atoms with van der Waals surface area (Å²) in [6, 6.07) is 5.20. The second-order valence-electron chi connectivity index (χ2n) is 5.37. The number of urea groups is 1. The molecular weight excluding hydrogens is 294 g/mol. The number of carbonyl (C=O) groups excluding carboxylic acids is 1. The number of allylic oxidation sites excluding steroid dienone is 1. The fourth-order valence-electron chi connectivity index (χ4n) is 2.39. The molecule has 23 heavy (non-hydrogen) atoms. The number of carbonyl (C=O) groups is 1. The van der Waals surface area contributed by atoms with E-state index in [1.165, 1.54) is 0 Å². The van der Waals surface area contributed by atoms with Crippen molar-refractivity contribution in [1.82, 2.24) is 15.3 Å². The molecule has 3 N–H and O–H groups in total. The fraction of sp³-hybridized carbons (Fsp3) is 0.250. The van der Waals surface area contributed by atoms with E-state index < -0.39 is 0 Å². The van der Waals surface area contributed by atoms with E-state index in [9.17, 15) is 4.79 Å². The first-order chi connectivity index (χ1) is 11.1. The van der Waals surface area contributed by atoms with Gasteiger partial charge in [0.05, 0.1) is 6.54 Å². The number of ether oxygens (including phenoxy) is 1. The van der Waals surface area contributed by atoms with Gasteiger partial charge < -0.3 is 19.9 Å². The molecule has 0 unspecified atom stereocenters. The van der Waals surface area contributed by atoms with Crippen LogP contribution in [0.5, 0.6) is 5.75 Å². The zero-order valence-corrected chi connectivity index (χ0v) is 12.9. The molecule has 0 saturated carbocycles. The normalized spacial score (nSPS) is 13.0. The fourth-order valence-corrected chi connectivity index (χ4v) is 2.39. The van der Waals surface area contributed by atoms with Crippen molar-refractivity contribution in [3.8, 4) is 5.75 Å². The summed E-state index contributed by atoms with van der Waals surface area (Å²) in [6.45, 7) is 7.44. The Kier molecular flexibility index (Phi) is 4.18. The number of aromatic amines is 1. The minimum atomic E-state index is -0.362. The predicted molar refractivity (Wildman–Crippen MR) is 88.5 cm³/mol. The minimum absolute atomic E-state index is 0.362. The third-order valence-electron chi connectivity index (χ3n) is 3.36. The number of aromatic nitrogens is 2. The molecule has 0 bridgehead atoms. The molecule has 1 aliphatic rings.